The quantitative estimate of drug-likeness (QED) is 0.843. The Morgan fingerprint density at radius 1 is 1.24 bits per heavy atom. The molecule has 0 unspecified atom stereocenters. The molecule has 0 saturated carbocycles. The van der Waals surface area contributed by atoms with Gasteiger partial charge in [0.2, 0.25) is 0 Å². The molecule has 2 rings (SSSR count). The van der Waals surface area contributed by atoms with Crippen LogP contribution in [0, 0.1) is 18.8 Å². The Kier molecular flexibility index (Phi) is 4.58. The highest BCUT2D eigenvalue weighted by atomic mass is 32.2. The molecule has 5 nitrogen and oxygen atoms in total. The number of aromatic nitrogens is 1. The second-order valence-corrected chi connectivity index (χ2v) is 5.90. The smallest absolute Gasteiger partial charge is 0.263 e. The summed E-state index contributed by atoms with van der Waals surface area (Å²) in [7, 11) is -3.76. The highest BCUT2D eigenvalue weighted by molar-refractivity contribution is 7.92. The second-order valence-electron chi connectivity index (χ2n) is 4.25. The largest absolute Gasteiger partial charge is 0.384 e. The van der Waals surface area contributed by atoms with Gasteiger partial charge in [-0.3, -0.25) is 9.71 Å². The van der Waals surface area contributed by atoms with Crippen molar-refractivity contribution < 1.29 is 13.5 Å². The third-order valence-electron chi connectivity index (χ3n) is 2.64. The van der Waals surface area contributed by atoms with E-state index < -0.39 is 10.0 Å². The van der Waals surface area contributed by atoms with E-state index in [1.165, 1.54) is 12.3 Å². The molecule has 1 aromatic carbocycles. The van der Waals surface area contributed by atoms with Gasteiger partial charge >= 0.3 is 0 Å². The van der Waals surface area contributed by atoms with Gasteiger partial charge in [-0.25, -0.2) is 8.42 Å². The molecule has 1 aromatic heterocycles. The lowest BCUT2D eigenvalue weighted by Gasteiger charge is -2.09. The highest BCUT2D eigenvalue weighted by Gasteiger charge is 2.17. The number of benzene rings is 1. The second kappa shape index (κ2) is 6.39. The molecule has 21 heavy (non-hydrogen) atoms. The number of rotatable bonds is 3. The molecule has 0 atom stereocenters. The summed E-state index contributed by atoms with van der Waals surface area (Å²) in [6, 6.07) is 9.72. The van der Waals surface area contributed by atoms with Crippen LogP contribution in [-0.2, 0) is 10.0 Å². The van der Waals surface area contributed by atoms with Gasteiger partial charge in [0.15, 0.2) is 0 Å². The van der Waals surface area contributed by atoms with Gasteiger partial charge < -0.3 is 5.11 Å². The van der Waals surface area contributed by atoms with Gasteiger partial charge in [0, 0.05) is 11.3 Å². The molecule has 0 fully saturated rings. The predicted molar refractivity (Wildman–Crippen MR) is 80.2 cm³/mol. The molecule has 0 aliphatic heterocycles. The number of aliphatic hydroxyl groups is 1. The van der Waals surface area contributed by atoms with E-state index in [0.29, 0.717) is 11.3 Å². The van der Waals surface area contributed by atoms with Crippen LogP contribution in [0.3, 0.4) is 0 Å². The minimum absolute atomic E-state index is 0.0616. The van der Waals surface area contributed by atoms with Gasteiger partial charge in [0.1, 0.15) is 11.5 Å². The topological polar surface area (TPSA) is 79.3 Å². The van der Waals surface area contributed by atoms with Crippen LogP contribution in [0.5, 0.6) is 0 Å². The number of nitrogens with zero attached hydrogens (tertiary/aromatic N) is 1. The Morgan fingerprint density at radius 2 is 2.00 bits per heavy atom. The fourth-order valence-electron chi connectivity index (χ4n) is 1.68. The maximum Gasteiger partial charge on any atom is 0.263 e. The number of nitrogens with one attached hydrogen (secondary N) is 1. The van der Waals surface area contributed by atoms with Gasteiger partial charge in [-0.15, -0.1) is 0 Å². The Hall–Kier alpha value is -2.36. The van der Waals surface area contributed by atoms with Crippen molar-refractivity contribution in [1.29, 1.82) is 0 Å². The summed E-state index contributed by atoms with van der Waals surface area (Å²) >= 11 is 0. The van der Waals surface area contributed by atoms with Gasteiger partial charge in [-0.1, -0.05) is 24.0 Å². The first-order chi connectivity index (χ1) is 10.0. The van der Waals surface area contributed by atoms with E-state index >= 15 is 0 Å². The first-order valence-corrected chi connectivity index (χ1v) is 7.65. The average molecular weight is 302 g/mol. The lowest BCUT2D eigenvalue weighted by molar-refractivity contribution is 0.350. The molecule has 1 heterocycles. The minimum atomic E-state index is -3.76. The summed E-state index contributed by atoms with van der Waals surface area (Å²) in [4.78, 5) is 4.10. The molecule has 0 saturated heterocycles. The molecule has 0 spiro atoms. The van der Waals surface area contributed by atoms with Crippen molar-refractivity contribution in [2.45, 2.75) is 11.8 Å². The monoisotopic (exact) mass is 302 g/mol. The molecule has 0 amide bonds. The summed E-state index contributed by atoms with van der Waals surface area (Å²) in [5, 5.41) is 8.74. The van der Waals surface area contributed by atoms with E-state index in [9.17, 15) is 8.42 Å². The standard InChI is InChI=1S/C15H14N2O3S/c1-12-8-9-14(11-16-12)17-21(19,20)15-7-3-2-5-13(15)6-4-10-18/h2-3,5,7-9,11,17-18H,10H2,1H3. The van der Waals surface area contributed by atoms with Crippen molar-refractivity contribution in [3.8, 4) is 11.8 Å². The first kappa shape index (κ1) is 15.0. The maximum absolute atomic E-state index is 12.4. The summed E-state index contributed by atoms with van der Waals surface area (Å²) in [5.74, 6) is 5.08. The van der Waals surface area contributed by atoms with Crippen LogP contribution in [0.1, 0.15) is 11.3 Å². The van der Waals surface area contributed by atoms with E-state index in [4.69, 9.17) is 5.11 Å². The van der Waals surface area contributed by atoms with Crippen molar-refractivity contribution in [3.05, 3.63) is 53.9 Å². The van der Waals surface area contributed by atoms with E-state index in [-0.39, 0.29) is 11.5 Å². The molecular weight excluding hydrogens is 288 g/mol. The lowest BCUT2D eigenvalue weighted by atomic mass is 10.2. The SMILES string of the molecule is Cc1ccc(NS(=O)(=O)c2ccccc2C#CCO)cn1. The zero-order chi connectivity index (χ0) is 15.3. The van der Waals surface area contributed by atoms with Crippen LogP contribution in [0.15, 0.2) is 47.5 Å². The first-order valence-electron chi connectivity index (χ1n) is 6.17. The predicted octanol–water partition coefficient (Wildman–Crippen LogP) is 1.53. The van der Waals surface area contributed by atoms with E-state index in [1.807, 2.05) is 6.92 Å². The van der Waals surface area contributed by atoms with E-state index in [0.717, 1.165) is 5.69 Å². The Labute approximate surface area is 123 Å². The summed E-state index contributed by atoms with van der Waals surface area (Å²) in [5.41, 5.74) is 1.51. The van der Waals surface area contributed by atoms with Crippen molar-refractivity contribution in [1.82, 2.24) is 4.98 Å². The van der Waals surface area contributed by atoms with Crippen molar-refractivity contribution in [2.24, 2.45) is 0 Å². The van der Waals surface area contributed by atoms with Crippen LogP contribution < -0.4 is 4.72 Å². The van der Waals surface area contributed by atoms with Gasteiger partial charge in [-0.05, 0) is 31.2 Å². The van der Waals surface area contributed by atoms with Crippen LogP contribution in [0.25, 0.3) is 0 Å². The van der Waals surface area contributed by atoms with Gasteiger partial charge in [-0.2, -0.15) is 0 Å². The normalized spacial score (nSPS) is 10.6. The fraction of sp³-hybridized carbons (Fsp3) is 0.133. The van der Waals surface area contributed by atoms with E-state index in [2.05, 4.69) is 21.5 Å². The summed E-state index contributed by atoms with van der Waals surface area (Å²) in [6.07, 6.45) is 1.45. The zero-order valence-corrected chi connectivity index (χ0v) is 12.2. The lowest BCUT2D eigenvalue weighted by Crippen LogP contribution is -2.14. The molecule has 2 N–H and O–H groups in total. The number of aryl methyl sites for hydroxylation is 1. The van der Waals surface area contributed by atoms with Crippen molar-refractivity contribution >= 4 is 15.7 Å². The Balaban J connectivity index is 2.38. The number of hydrogen-bond acceptors (Lipinski definition) is 4. The highest BCUT2D eigenvalue weighted by Crippen LogP contribution is 2.18. The van der Waals surface area contributed by atoms with Crippen LogP contribution in [-0.4, -0.2) is 25.1 Å². The average Bonchev–Trinajstić information content (AvgIpc) is 2.47. The summed E-state index contributed by atoms with van der Waals surface area (Å²) < 4.78 is 27.3. The number of aliphatic hydroxyl groups excluding tert-OH is 1. The van der Waals surface area contributed by atoms with Crippen LogP contribution >= 0.6 is 0 Å². The number of hydrogen-bond donors (Lipinski definition) is 2. The molecule has 6 heteroatoms. The third kappa shape index (κ3) is 3.81. The number of sulfonamides is 1. The van der Waals surface area contributed by atoms with E-state index in [1.54, 1.807) is 30.3 Å². The summed E-state index contributed by atoms with van der Waals surface area (Å²) in [6.45, 7) is 1.49. The van der Waals surface area contributed by atoms with Crippen LogP contribution in [0.2, 0.25) is 0 Å². The molecule has 0 bridgehead atoms. The Morgan fingerprint density at radius 3 is 2.67 bits per heavy atom. The Bertz CT molecular complexity index is 788. The zero-order valence-electron chi connectivity index (χ0n) is 11.4. The third-order valence-corrected chi connectivity index (χ3v) is 4.08. The molecular formula is C15H14N2O3S. The molecule has 0 aliphatic rings. The number of pyridine rings is 1. The van der Waals surface area contributed by atoms with Gasteiger partial charge in [0.05, 0.1) is 11.9 Å². The molecule has 108 valence electrons. The molecule has 2 aromatic rings. The molecule has 0 aliphatic carbocycles. The maximum atomic E-state index is 12.4. The molecule has 0 radical (unpaired) electrons. The minimum Gasteiger partial charge on any atom is -0.384 e. The van der Waals surface area contributed by atoms with Crippen molar-refractivity contribution in [2.75, 3.05) is 11.3 Å². The fourth-order valence-corrected chi connectivity index (χ4v) is 2.88. The van der Waals surface area contributed by atoms with Gasteiger partial charge in [0.25, 0.3) is 10.0 Å². The van der Waals surface area contributed by atoms with Crippen LogP contribution in [0.4, 0.5) is 5.69 Å². The van der Waals surface area contributed by atoms with Crippen molar-refractivity contribution in [3.63, 3.8) is 0 Å². The number of anilines is 1.